The average molecular weight is 454 g/mol. The van der Waals surface area contributed by atoms with Crippen molar-refractivity contribution in [1.82, 2.24) is 10.2 Å². The van der Waals surface area contributed by atoms with Gasteiger partial charge in [-0.15, -0.1) is 0 Å². The minimum absolute atomic E-state index is 0.0570. The molecule has 0 spiro atoms. The molecule has 2 aromatic rings. The molecule has 0 aliphatic rings. The van der Waals surface area contributed by atoms with E-state index in [0.29, 0.717) is 29.4 Å². The highest BCUT2D eigenvalue weighted by atomic mass is 19.3. The normalized spacial score (nSPS) is 10.8. The van der Waals surface area contributed by atoms with Crippen LogP contribution in [0.1, 0.15) is 11.1 Å². The van der Waals surface area contributed by atoms with Gasteiger partial charge in [-0.2, -0.15) is 8.78 Å². The zero-order chi connectivity index (χ0) is 23.7. The van der Waals surface area contributed by atoms with E-state index in [4.69, 9.17) is 18.9 Å². The Morgan fingerprint density at radius 2 is 1.53 bits per heavy atom. The number of benzene rings is 2. The molecule has 176 valence electrons. The topological polar surface area (TPSA) is 78.5 Å². The molecule has 0 aromatic heterocycles. The smallest absolute Gasteiger partial charge is 0.387 e. The van der Waals surface area contributed by atoms with Crippen molar-refractivity contribution in [3.8, 4) is 28.7 Å². The molecule has 0 saturated heterocycles. The fourth-order valence-corrected chi connectivity index (χ4v) is 3.10. The van der Waals surface area contributed by atoms with Crippen LogP contribution in [0.4, 0.5) is 8.78 Å². The molecule has 1 N–H and O–H groups in total. The Bertz CT molecular complexity index is 910. The first-order valence-electron chi connectivity index (χ1n) is 9.67. The number of hydrogen-bond donors (Lipinski definition) is 1. The molecule has 0 bridgehead atoms. The second-order valence-corrected chi connectivity index (χ2v) is 6.83. The third kappa shape index (κ3) is 6.88. The van der Waals surface area contributed by atoms with Gasteiger partial charge in [-0.3, -0.25) is 9.69 Å². The van der Waals surface area contributed by atoms with Gasteiger partial charge in [-0.1, -0.05) is 6.07 Å². The molecule has 2 rings (SSSR count). The van der Waals surface area contributed by atoms with Crippen LogP contribution < -0.4 is 29.0 Å². The minimum atomic E-state index is -2.96. The number of methoxy groups -OCH3 is 4. The molecule has 2 aromatic carbocycles. The Labute approximate surface area is 186 Å². The summed E-state index contributed by atoms with van der Waals surface area (Å²) in [5, 5.41) is 2.83. The van der Waals surface area contributed by atoms with Crippen molar-refractivity contribution >= 4 is 5.91 Å². The zero-order valence-corrected chi connectivity index (χ0v) is 18.7. The molecule has 0 fully saturated rings. The van der Waals surface area contributed by atoms with Gasteiger partial charge in [0.15, 0.2) is 23.0 Å². The van der Waals surface area contributed by atoms with E-state index in [0.717, 1.165) is 5.56 Å². The van der Waals surface area contributed by atoms with Crippen molar-refractivity contribution in [2.45, 2.75) is 19.7 Å². The summed E-state index contributed by atoms with van der Waals surface area (Å²) in [6.45, 7) is -2.30. The van der Waals surface area contributed by atoms with Gasteiger partial charge in [-0.25, -0.2) is 0 Å². The number of likely N-dealkylation sites (N-methyl/N-ethyl adjacent to an activating group) is 1. The molecule has 0 radical (unpaired) electrons. The highest BCUT2D eigenvalue weighted by molar-refractivity contribution is 5.78. The van der Waals surface area contributed by atoms with Crippen molar-refractivity contribution in [3.05, 3.63) is 41.5 Å². The van der Waals surface area contributed by atoms with Crippen LogP contribution in [0.15, 0.2) is 30.3 Å². The lowest BCUT2D eigenvalue weighted by atomic mass is 10.1. The van der Waals surface area contributed by atoms with E-state index in [1.807, 2.05) is 0 Å². The van der Waals surface area contributed by atoms with Crippen LogP contribution in [0.5, 0.6) is 28.7 Å². The highest BCUT2D eigenvalue weighted by Gasteiger charge is 2.15. The van der Waals surface area contributed by atoms with E-state index in [1.54, 1.807) is 36.2 Å². The minimum Gasteiger partial charge on any atom is -0.496 e. The molecule has 32 heavy (non-hydrogen) atoms. The maximum atomic E-state index is 12.6. The summed E-state index contributed by atoms with van der Waals surface area (Å²) >= 11 is 0. The van der Waals surface area contributed by atoms with Crippen LogP contribution in [0.3, 0.4) is 0 Å². The number of hydrogen-bond acceptors (Lipinski definition) is 7. The number of ether oxygens (including phenoxy) is 5. The Morgan fingerprint density at radius 3 is 2.12 bits per heavy atom. The van der Waals surface area contributed by atoms with E-state index in [-0.39, 0.29) is 30.5 Å². The largest absolute Gasteiger partial charge is 0.496 e. The second kappa shape index (κ2) is 11.9. The molecule has 10 heteroatoms. The number of alkyl halides is 2. The van der Waals surface area contributed by atoms with Crippen LogP contribution in [0.25, 0.3) is 0 Å². The molecule has 0 aliphatic heterocycles. The van der Waals surface area contributed by atoms with E-state index < -0.39 is 6.61 Å². The van der Waals surface area contributed by atoms with Crippen LogP contribution in [0, 0.1) is 0 Å². The summed E-state index contributed by atoms with van der Waals surface area (Å²) in [6, 6.07) is 8.16. The second-order valence-electron chi connectivity index (χ2n) is 6.83. The van der Waals surface area contributed by atoms with Gasteiger partial charge < -0.3 is 29.0 Å². The van der Waals surface area contributed by atoms with Gasteiger partial charge in [0.05, 0.1) is 35.0 Å². The molecule has 1 amide bonds. The lowest BCUT2D eigenvalue weighted by Crippen LogP contribution is -2.34. The van der Waals surface area contributed by atoms with Crippen LogP contribution in [0.2, 0.25) is 0 Å². The first-order chi connectivity index (χ1) is 15.3. The fraction of sp³-hybridized carbons (Fsp3) is 0.409. The third-order valence-electron chi connectivity index (χ3n) is 4.57. The number of carbonyl (C=O) groups is 1. The quantitative estimate of drug-likeness (QED) is 0.528. The SMILES string of the molecule is COc1cc(OC)c(OC)cc1CNC(=O)CN(C)Cc1ccc(OC)c(OC(F)F)c1. The van der Waals surface area contributed by atoms with Crippen molar-refractivity contribution in [3.63, 3.8) is 0 Å². The van der Waals surface area contributed by atoms with Crippen molar-refractivity contribution in [2.75, 3.05) is 42.0 Å². The summed E-state index contributed by atoms with van der Waals surface area (Å²) in [4.78, 5) is 14.2. The first kappa shape index (κ1) is 25.0. The lowest BCUT2D eigenvalue weighted by Gasteiger charge is -2.18. The van der Waals surface area contributed by atoms with Crippen LogP contribution in [-0.2, 0) is 17.9 Å². The summed E-state index contributed by atoms with van der Waals surface area (Å²) in [6.07, 6.45) is 0. The molecule has 0 saturated carbocycles. The van der Waals surface area contributed by atoms with Crippen molar-refractivity contribution < 1.29 is 37.3 Å². The highest BCUT2D eigenvalue weighted by Crippen LogP contribution is 2.34. The summed E-state index contributed by atoms with van der Waals surface area (Å²) in [5.74, 6) is 1.53. The molecule has 0 heterocycles. The number of halogens is 2. The Morgan fingerprint density at radius 1 is 0.906 bits per heavy atom. The summed E-state index contributed by atoms with van der Waals surface area (Å²) in [7, 11) is 7.70. The Kier molecular flexibility index (Phi) is 9.33. The molecule has 0 aliphatic carbocycles. The molecule has 0 unspecified atom stereocenters. The monoisotopic (exact) mass is 454 g/mol. The van der Waals surface area contributed by atoms with Gasteiger partial charge in [-0.05, 0) is 30.8 Å². The van der Waals surface area contributed by atoms with Gasteiger partial charge in [0.25, 0.3) is 0 Å². The van der Waals surface area contributed by atoms with Gasteiger partial charge in [0.2, 0.25) is 5.91 Å². The average Bonchev–Trinajstić information content (AvgIpc) is 2.76. The predicted octanol–water partition coefficient (Wildman–Crippen LogP) is 3.07. The van der Waals surface area contributed by atoms with Gasteiger partial charge in [0.1, 0.15) is 5.75 Å². The number of carbonyl (C=O) groups excluding carboxylic acids is 1. The first-order valence-corrected chi connectivity index (χ1v) is 9.67. The maximum Gasteiger partial charge on any atom is 0.387 e. The molecular formula is C22H28F2N2O6. The summed E-state index contributed by atoms with van der Waals surface area (Å²) < 4.78 is 50.7. The third-order valence-corrected chi connectivity index (χ3v) is 4.57. The van der Waals surface area contributed by atoms with E-state index in [2.05, 4.69) is 10.1 Å². The summed E-state index contributed by atoms with van der Waals surface area (Å²) in [5.41, 5.74) is 1.42. The number of nitrogens with one attached hydrogen (secondary N) is 1. The Hall–Kier alpha value is -3.27. The van der Waals surface area contributed by atoms with Crippen LogP contribution >= 0.6 is 0 Å². The fourth-order valence-electron chi connectivity index (χ4n) is 3.10. The molecular weight excluding hydrogens is 426 g/mol. The number of nitrogens with zero attached hydrogens (tertiary/aromatic N) is 1. The lowest BCUT2D eigenvalue weighted by molar-refractivity contribution is -0.122. The molecule has 8 nitrogen and oxygen atoms in total. The standard InChI is InChI=1S/C22H28F2N2O6/c1-26(12-14-6-7-16(28-2)20(8-14)32-22(23)24)13-21(27)25-11-15-9-18(30-4)19(31-5)10-17(15)29-3/h6-10,22H,11-13H2,1-5H3,(H,25,27). The van der Waals surface area contributed by atoms with E-state index >= 15 is 0 Å². The van der Waals surface area contributed by atoms with E-state index in [9.17, 15) is 13.6 Å². The number of rotatable bonds is 12. The zero-order valence-electron chi connectivity index (χ0n) is 18.7. The maximum absolute atomic E-state index is 12.6. The van der Waals surface area contributed by atoms with Crippen molar-refractivity contribution in [1.29, 1.82) is 0 Å². The van der Waals surface area contributed by atoms with Crippen molar-refractivity contribution in [2.24, 2.45) is 0 Å². The van der Waals surface area contributed by atoms with Gasteiger partial charge >= 0.3 is 6.61 Å². The Balaban J connectivity index is 1.98. The predicted molar refractivity (Wildman–Crippen MR) is 114 cm³/mol. The molecule has 0 atom stereocenters. The van der Waals surface area contributed by atoms with E-state index in [1.165, 1.54) is 34.5 Å². The number of amides is 1. The van der Waals surface area contributed by atoms with Gasteiger partial charge in [0, 0.05) is 24.7 Å². The van der Waals surface area contributed by atoms with Crippen LogP contribution in [-0.4, -0.2) is 59.5 Å².